The van der Waals surface area contributed by atoms with Gasteiger partial charge in [-0.2, -0.15) is 5.10 Å². The second kappa shape index (κ2) is 7.23. The van der Waals surface area contributed by atoms with Crippen molar-refractivity contribution in [2.75, 3.05) is 4.90 Å². The van der Waals surface area contributed by atoms with Gasteiger partial charge in [0.25, 0.3) is 5.69 Å². The second-order valence-corrected chi connectivity index (χ2v) is 8.04. The summed E-state index contributed by atoms with van der Waals surface area (Å²) in [6, 6.07) is 10.8. The summed E-state index contributed by atoms with van der Waals surface area (Å²) in [7, 11) is 0. The molecule has 9 nitrogen and oxygen atoms in total. The summed E-state index contributed by atoms with van der Waals surface area (Å²) in [5.41, 5.74) is 1.32. The van der Waals surface area contributed by atoms with Crippen LogP contribution in [0.1, 0.15) is 15.9 Å². The van der Waals surface area contributed by atoms with Gasteiger partial charge in [0.15, 0.2) is 5.78 Å². The van der Waals surface area contributed by atoms with Crippen LogP contribution in [0.4, 0.5) is 11.4 Å². The molecular weight excluding hydrogens is 412 g/mol. The number of hydrogen-bond donors (Lipinski definition) is 0. The summed E-state index contributed by atoms with van der Waals surface area (Å²) in [5.74, 6) is -3.04. The van der Waals surface area contributed by atoms with E-state index >= 15 is 0 Å². The fourth-order valence-electron chi connectivity index (χ4n) is 4.73. The zero-order valence-corrected chi connectivity index (χ0v) is 17.0. The van der Waals surface area contributed by atoms with Crippen LogP contribution in [0.15, 0.2) is 65.8 Å². The van der Waals surface area contributed by atoms with Crippen LogP contribution in [0.5, 0.6) is 0 Å². The van der Waals surface area contributed by atoms with Gasteiger partial charge in [-0.05, 0) is 25.1 Å². The highest BCUT2D eigenvalue weighted by molar-refractivity contribution is 6.24. The van der Waals surface area contributed by atoms with E-state index in [1.807, 2.05) is 19.1 Å². The van der Waals surface area contributed by atoms with Gasteiger partial charge in [-0.25, -0.2) is 4.90 Å². The van der Waals surface area contributed by atoms with Crippen molar-refractivity contribution < 1.29 is 19.3 Å². The summed E-state index contributed by atoms with van der Waals surface area (Å²) < 4.78 is 0. The number of anilines is 1. The Morgan fingerprint density at radius 1 is 1.06 bits per heavy atom. The number of ketones is 1. The Hall–Kier alpha value is -4.14. The summed E-state index contributed by atoms with van der Waals surface area (Å²) in [6.07, 6.45) is 4.94. The molecule has 9 heteroatoms. The van der Waals surface area contributed by atoms with Crippen molar-refractivity contribution in [1.82, 2.24) is 5.01 Å². The molecule has 3 aliphatic rings. The summed E-state index contributed by atoms with van der Waals surface area (Å²) in [4.78, 5) is 52.1. The van der Waals surface area contributed by atoms with Crippen molar-refractivity contribution in [2.45, 2.75) is 19.0 Å². The van der Waals surface area contributed by atoms with E-state index in [-0.39, 0.29) is 17.2 Å². The van der Waals surface area contributed by atoms with Crippen molar-refractivity contribution in [3.05, 3.63) is 81.9 Å². The second-order valence-electron chi connectivity index (χ2n) is 8.04. The maximum absolute atomic E-state index is 13.5. The number of benzene rings is 2. The number of amides is 2. The van der Waals surface area contributed by atoms with Gasteiger partial charge in [0.2, 0.25) is 11.8 Å². The smallest absolute Gasteiger partial charge is 0.270 e. The number of hydrazone groups is 1. The van der Waals surface area contributed by atoms with Gasteiger partial charge in [-0.1, -0.05) is 35.9 Å². The zero-order valence-electron chi connectivity index (χ0n) is 17.0. The molecule has 3 heterocycles. The van der Waals surface area contributed by atoms with Crippen LogP contribution < -0.4 is 4.90 Å². The maximum Gasteiger partial charge on any atom is 0.270 e. The molecule has 3 aliphatic heterocycles. The molecule has 0 aromatic heterocycles. The van der Waals surface area contributed by atoms with Crippen LogP contribution in [0, 0.1) is 28.9 Å². The summed E-state index contributed by atoms with van der Waals surface area (Å²) in [5, 5.41) is 16.9. The molecule has 0 saturated carbocycles. The quantitative estimate of drug-likeness (QED) is 0.319. The molecule has 2 fully saturated rings. The third-order valence-electron chi connectivity index (χ3n) is 6.19. The van der Waals surface area contributed by atoms with Crippen LogP contribution in [0.25, 0.3) is 0 Å². The lowest BCUT2D eigenvalue weighted by Crippen LogP contribution is -2.46. The van der Waals surface area contributed by atoms with Crippen molar-refractivity contribution >= 4 is 35.2 Å². The lowest BCUT2D eigenvalue weighted by atomic mass is 9.86. The molecule has 4 atom stereocenters. The van der Waals surface area contributed by atoms with Crippen molar-refractivity contribution in [2.24, 2.45) is 16.9 Å². The molecule has 0 bridgehead atoms. The lowest BCUT2D eigenvalue weighted by Gasteiger charge is -2.30. The van der Waals surface area contributed by atoms with Crippen LogP contribution >= 0.6 is 0 Å². The predicted octanol–water partition coefficient (Wildman–Crippen LogP) is 2.50. The van der Waals surface area contributed by atoms with Crippen molar-refractivity contribution in [3.63, 3.8) is 0 Å². The van der Waals surface area contributed by atoms with E-state index in [9.17, 15) is 24.5 Å². The Kier molecular flexibility index (Phi) is 4.47. The Morgan fingerprint density at radius 2 is 1.78 bits per heavy atom. The number of nitrogens with zero attached hydrogens (tertiary/aromatic N) is 4. The topological polar surface area (TPSA) is 113 Å². The van der Waals surface area contributed by atoms with E-state index in [2.05, 4.69) is 5.10 Å². The summed E-state index contributed by atoms with van der Waals surface area (Å²) in [6.45, 7) is 1.91. The molecular formula is C23H18N4O5. The normalized spacial score (nSPS) is 25.8. The SMILES string of the molecule is Cc1ccc(N2C(=O)[C@@H]3[C@@H](C2=O)[C@@H]2C=CC=NN2[C@@H]3C(=O)c2cccc([N+](=O)[O-])c2)cc1. The van der Waals surface area contributed by atoms with Gasteiger partial charge in [0, 0.05) is 23.9 Å². The number of rotatable bonds is 4. The maximum atomic E-state index is 13.5. The molecule has 0 spiro atoms. The number of non-ortho nitro benzene ring substituents is 1. The van der Waals surface area contributed by atoms with Gasteiger partial charge < -0.3 is 0 Å². The van der Waals surface area contributed by atoms with Gasteiger partial charge in [-0.15, -0.1) is 0 Å². The van der Waals surface area contributed by atoms with Crippen molar-refractivity contribution in [3.8, 4) is 0 Å². The first-order valence-corrected chi connectivity index (χ1v) is 10.1. The monoisotopic (exact) mass is 430 g/mol. The van der Waals surface area contributed by atoms with E-state index in [1.165, 1.54) is 35.5 Å². The van der Waals surface area contributed by atoms with E-state index < -0.39 is 40.5 Å². The average molecular weight is 430 g/mol. The van der Waals surface area contributed by atoms with Gasteiger partial charge in [-0.3, -0.25) is 29.5 Å². The molecule has 0 aliphatic carbocycles. The predicted molar refractivity (Wildman–Crippen MR) is 115 cm³/mol. The first-order valence-electron chi connectivity index (χ1n) is 10.1. The van der Waals surface area contributed by atoms with Gasteiger partial charge >= 0.3 is 0 Å². The molecule has 0 unspecified atom stereocenters. The Bertz CT molecular complexity index is 1220. The largest absolute Gasteiger partial charge is 0.292 e. The minimum atomic E-state index is -1.04. The number of carbonyl (C=O) groups is 3. The van der Waals surface area contributed by atoms with Crippen LogP contribution in [0.2, 0.25) is 0 Å². The summed E-state index contributed by atoms with van der Waals surface area (Å²) >= 11 is 0. The molecule has 2 aromatic carbocycles. The average Bonchev–Trinajstić information content (AvgIpc) is 3.27. The highest BCUT2D eigenvalue weighted by Gasteiger charge is 2.64. The molecule has 160 valence electrons. The fourth-order valence-corrected chi connectivity index (χ4v) is 4.73. The number of carbonyl (C=O) groups excluding carboxylic acids is 3. The number of nitro benzene ring substituents is 1. The molecule has 0 N–H and O–H groups in total. The van der Waals surface area contributed by atoms with Gasteiger partial charge in [0.1, 0.15) is 6.04 Å². The standard InChI is InChI=1S/C23H18N4O5/c1-13-7-9-15(10-8-13)25-22(29)18-17-6-3-11-24-26(17)20(19(18)23(25)30)21(28)14-4-2-5-16(12-14)27(31)32/h2-12,17-20H,1H3/t17-,18-,19+,20-/m0/s1. The molecule has 2 saturated heterocycles. The molecule has 2 aromatic rings. The molecule has 2 amide bonds. The molecule has 5 rings (SSSR count). The van der Waals surface area contributed by atoms with Crippen LogP contribution in [-0.4, -0.2) is 45.8 Å². The Balaban J connectivity index is 1.57. The first kappa shape index (κ1) is 19.8. The van der Waals surface area contributed by atoms with Crippen LogP contribution in [-0.2, 0) is 9.59 Å². The van der Waals surface area contributed by atoms with Crippen molar-refractivity contribution in [1.29, 1.82) is 0 Å². The number of imide groups is 1. The first-order chi connectivity index (χ1) is 15.4. The third kappa shape index (κ3) is 2.85. The molecule has 32 heavy (non-hydrogen) atoms. The van der Waals surface area contributed by atoms with E-state index in [0.717, 1.165) is 10.5 Å². The number of aryl methyl sites for hydroxylation is 1. The number of nitro groups is 1. The lowest BCUT2D eigenvalue weighted by molar-refractivity contribution is -0.384. The highest BCUT2D eigenvalue weighted by atomic mass is 16.6. The minimum Gasteiger partial charge on any atom is -0.292 e. The number of allylic oxidation sites excluding steroid dienone is 1. The number of Topliss-reactive ketones (excluding diaryl/α,β-unsaturated/α-hetero) is 1. The minimum absolute atomic E-state index is 0.0994. The fraction of sp³-hybridized carbons (Fsp3) is 0.217. The number of fused-ring (bicyclic) bond motifs is 3. The number of hydrogen-bond acceptors (Lipinski definition) is 7. The van der Waals surface area contributed by atoms with E-state index in [4.69, 9.17) is 0 Å². The Labute approximate surface area is 182 Å². The Morgan fingerprint density at radius 3 is 2.50 bits per heavy atom. The third-order valence-corrected chi connectivity index (χ3v) is 6.19. The molecule has 0 radical (unpaired) electrons. The van der Waals surface area contributed by atoms with E-state index in [1.54, 1.807) is 24.3 Å². The van der Waals surface area contributed by atoms with Gasteiger partial charge in [0.05, 0.1) is 28.5 Å². The van der Waals surface area contributed by atoms with Crippen LogP contribution in [0.3, 0.4) is 0 Å². The van der Waals surface area contributed by atoms with E-state index in [0.29, 0.717) is 5.69 Å². The zero-order chi connectivity index (χ0) is 22.6. The highest BCUT2D eigenvalue weighted by Crippen LogP contribution is 2.46.